The second kappa shape index (κ2) is 12.0. The molecular weight excluding hydrogens is 448 g/mol. The average molecular weight is 487 g/mol. The summed E-state index contributed by atoms with van der Waals surface area (Å²) in [5.41, 5.74) is 2.03. The van der Waals surface area contributed by atoms with Crippen molar-refractivity contribution in [3.05, 3.63) is 64.4 Å². The summed E-state index contributed by atoms with van der Waals surface area (Å²) in [5.74, 6) is 0.829. The second-order valence-corrected chi connectivity index (χ2v) is 10.8. The molecule has 1 aromatic carbocycles. The van der Waals surface area contributed by atoms with E-state index in [1.807, 2.05) is 61.8 Å². The van der Waals surface area contributed by atoms with E-state index >= 15 is 0 Å². The first-order valence-corrected chi connectivity index (χ1v) is 12.7. The molecule has 1 amide bonds. The van der Waals surface area contributed by atoms with Crippen LogP contribution in [0.4, 0.5) is 0 Å². The van der Waals surface area contributed by atoms with E-state index in [0.717, 1.165) is 12.2 Å². The maximum atomic E-state index is 13.5. The zero-order valence-corrected chi connectivity index (χ0v) is 21.6. The van der Waals surface area contributed by atoms with E-state index in [-0.39, 0.29) is 30.7 Å². The Kier molecular flexibility index (Phi) is 9.31. The number of carbonyl (C=O) groups excluding carboxylic acids is 1. The number of aliphatic hydroxyl groups is 1. The van der Waals surface area contributed by atoms with Crippen LogP contribution in [0.25, 0.3) is 0 Å². The Morgan fingerprint density at radius 3 is 2.74 bits per heavy atom. The Labute approximate surface area is 207 Å². The fourth-order valence-electron chi connectivity index (χ4n) is 4.05. The van der Waals surface area contributed by atoms with Gasteiger partial charge < -0.3 is 19.5 Å². The topological polar surface area (TPSA) is 62.2 Å². The van der Waals surface area contributed by atoms with Crippen molar-refractivity contribution in [3.63, 3.8) is 0 Å². The van der Waals surface area contributed by atoms with Gasteiger partial charge in [0.1, 0.15) is 12.4 Å². The van der Waals surface area contributed by atoms with E-state index in [9.17, 15) is 9.90 Å². The van der Waals surface area contributed by atoms with E-state index in [1.54, 1.807) is 17.4 Å². The summed E-state index contributed by atoms with van der Waals surface area (Å²) in [6.07, 6.45) is 1.93. The van der Waals surface area contributed by atoms with Gasteiger partial charge in [-0.2, -0.15) is 0 Å². The summed E-state index contributed by atoms with van der Waals surface area (Å²) < 4.78 is 11.8. The van der Waals surface area contributed by atoms with Crippen LogP contribution in [0.1, 0.15) is 42.8 Å². The number of aliphatic hydroxyl groups excluding tert-OH is 1. The molecule has 1 aromatic heterocycles. The minimum atomic E-state index is -0.683. The van der Waals surface area contributed by atoms with E-state index in [2.05, 4.69) is 18.0 Å². The molecule has 0 saturated heterocycles. The van der Waals surface area contributed by atoms with Gasteiger partial charge >= 0.3 is 0 Å². The van der Waals surface area contributed by atoms with Crippen LogP contribution in [-0.4, -0.2) is 71.9 Å². The molecule has 2 heterocycles. The van der Waals surface area contributed by atoms with E-state index in [0.29, 0.717) is 26.2 Å². The molecule has 7 heteroatoms. The Morgan fingerprint density at radius 2 is 2.06 bits per heavy atom. The summed E-state index contributed by atoms with van der Waals surface area (Å²) in [5, 5.41) is 12.6. The first-order chi connectivity index (χ1) is 16.2. The number of benzene rings is 1. The van der Waals surface area contributed by atoms with Crippen LogP contribution in [0, 0.1) is 6.92 Å². The summed E-state index contributed by atoms with van der Waals surface area (Å²) in [4.78, 5) is 18.6. The number of rotatable bonds is 11. The largest absolute Gasteiger partial charge is 0.491 e. The monoisotopic (exact) mass is 486 g/mol. The van der Waals surface area contributed by atoms with Crippen molar-refractivity contribution in [1.29, 1.82) is 0 Å². The minimum Gasteiger partial charge on any atom is -0.491 e. The lowest BCUT2D eigenvalue weighted by molar-refractivity contribution is -0.136. The standard InChI is InChI=1S/C27H38N2O4S/c1-6-13-28(16-21(30)18-33-27(3,4)5)17-26(31)29-14-11-25-23(12-15-34-25)24(29)19-32-22-9-7-20(2)8-10-22/h6-10,12,15,21,24,30H,1,11,13-14,16-19H2,2-5H3/t21-,24+/m0/s1. The molecule has 34 heavy (non-hydrogen) atoms. The lowest BCUT2D eigenvalue weighted by Crippen LogP contribution is -2.48. The van der Waals surface area contributed by atoms with Crippen LogP contribution in [0.3, 0.4) is 0 Å². The highest BCUT2D eigenvalue weighted by atomic mass is 32.1. The third kappa shape index (κ3) is 7.67. The van der Waals surface area contributed by atoms with Crippen molar-refractivity contribution in [2.45, 2.75) is 51.9 Å². The highest BCUT2D eigenvalue weighted by Gasteiger charge is 2.33. The van der Waals surface area contributed by atoms with Gasteiger partial charge in [-0.3, -0.25) is 9.69 Å². The number of hydrogen-bond acceptors (Lipinski definition) is 6. The third-order valence-corrected chi connectivity index (χ3v) is 6.76. The Balaban J connectivity index is 1.67. The molecule has 0 spiro atoms. The number of amides is 1. The highest BCUT2D eigenvalue weighted by molar-refractivity contribution is 7.10. The molecule has 186 valence electrons. The molecule has 0 radical (unpaired) electrons. The van der Waals surface area contributed by atoms with Gasteiger partial charge in [0.15, 0.2) is 0 Å². The average Bonchev–Trinajstić information content (AvgIpc) is 3.26. The van der Waals surface area contributed by atoms with Gasteiger partial charge in [0.05, 0.1) is 30.9 Å². The van der Waals surface area contributed by atoms with Crippen molar-refractivity contribution < 1.29 is 19.4 Å². The molecule has 0 unspecified atom stereocenters. The van der Waals surface area contributed by atoms with Crippen LogP contribution in [0.15, 0.2) is 48.4 Å². The molecule has 2 atom stereocenters. The van der Waals surface area contributed by atoms with Crippen LogP contribution >= 0.6 is 11.3 Å². The maximum absolute atomic E-state index is 13.5. The molecule has 0 aliphatic carbocycles. The number of thiophene rings is 1. The molecule has 1 aliphatic rings. The number of ether oxygens (including phenoxy) is 2. The van der Waals surface area contributed by atoms with Crippen LogP contribution < -0.4 is 4.74 Å². The summed E-state index contributed by atoms with van der Waals surface area (Å²) in [7, 11) is 0. The quantitative estimate of drug-likeness (QED) is 0.482. The zero-order valence-electron chi connectivity index (χ0n) is 20.8. The summed E-state index contributed by atoms with van der Waals surface area (Å²) in [6.45, 7) is 14.1. The number of carbonyl (C=O) groups is 1. The van der Waals surface area contributed by atoms with Crippen molar-refractivity contribution in [2.24, 2.45) is 0 Å². The first-order valence-electron chi connectivity index (χ1n) is 11.9. The van der Waals surface area contributed by atoms with Crippen LogP contribution in [-0.2, 0) is 16.0 Å². The molecular formula is C27H38N2O4S. The highest BCUT2D eigenvalue weighted by Crippen LogP contribution is 2.34. The minimum absolute atomic E-state index is 0.0279. The van der Waals surface area contributed by atoms with Crippen LogP contribution in [0.5, 0.6) is 5.75 Å². The van der Waals surface area contributed by atoms with E-state index in [1.165, 1.54) is 16.0 Å². The van der Waals surface area contributed by atoms with Gasteiger partial charge in [0.25, 0.3) is 0 Å². The van der Waals surface area contributed by atoms with Crippen molar-refractivity contribution in [2.75, 3.05) is 39.4 Å². The van der Waals surface area contributed by atoms with Crippen molar-refractivity contribution in [1.82, 2.24) is 9.80 Å². The molecule has 0 bridgehead atoms. The first kappa shape index (κ1) is 26.4. The normalized spacial score (nSPS) is 16.9. The maximum Gasteiger partial charge on any atom is 0.237 e. The molecule has 0 fully saturated rings. The van der Waals surface area contributed by atoms with Gasteiger partial charge in [0.2, 0.25) is 5.91 Å². The van der Waals surface area contributed by atoms with Gasteiger partial charge in [-0.05, 0) is 63.3 Å². The Hall–Kier alpha value is -2.19. The third-order valence-electron chi connectivity index (χ3n) is 5.77. The van der Waals surface area contributed by atoms with E-state index in [4.69, 9.17) is 9.47 Å². The van der Waals surface area contributed by atoms with E-state index < -0.39 is 6.10 Å². The molecule has 6 nitrogen and oxygen atoms in total. The molecule has 1 N–H and O–H groups in total. The number of fused-ring (bicyclic) bond motifs is 1. The van der Waals surface area contributed by atoms with Gasteiger partial charge in [-0.25, -0.2) is 0 Å². The Morgan fingerprint density at radius 1 is 1.32 bits per heavy atom. The smallest absolute Gasteiger partial charge is 0.237 e. The van der Waals surface area contributed by atoms with Crippen molar-refractivity contribution >= 4 is 17.2 Å². The lowest BCUT2D eigenvalue weighted by atomic mass is 10.0. The van der Waals surface area contributed by atoms with Gasteiger partial charge in [-0.1, -0.05) is 23.8 Å². The zero-order chi connectivity index (χ0) is 24.7. The lowest BCUT2D eigenvalue weighted by Gasteiger charge is -2.37. The van der Waals surface area contributed by atoms with Gasteiger partial charge in [-0.15, -0.1) is 17.9 Å². The SMILES string of the molecule is C=CCN(CC(=O)N1CCc2sccc2[C@H]1COc1ccc(C)cc1)C[C@H](O)COC(C)(C)C. The molecule has 3 rings (SSSR count). The molecule has 0 saturated carbocycles. The summed E-state index contributed by atoms with van der Waals surface area (Å²) >= 11 is 1.74. The van der Waals surface area contributed by atoms with Crippen LogP contribution in [0.2, 0.25) is 0 Å². The number of aryl methyl sites for hydroxylation is 1. The number of nitrogens with zero attached hydrogens (tertiary/aromatic N) is 2. The number of hydrogen-bond donors (Lipinski definition) is 1. The predicted molar refractivity (Wildman–Crippen MR) is 137 cm³/mol. The fourth-order valence-corrected chi connectivity index (χ4v) is 4.98. The van der Waals surface area contributed by atoms with Crippen molar-refractivity contribution in [3.8, 4) is 5.75 Å². The fraction of sp³-hybridized carbons (Fsp3) is 0.519. The van der Waals surface area contributed by atoms with Gasteiger partial charge in [0, 0.05) is 24.5 Å². The summed E-state index contributed by atoms with van der Waals surface area (Å²) in [6, 6.07) is 9.95. The Bertz CT molecular complexity index is 935. The second-order valence-electron chi connectivity index (χ2n) is 9.84. The molecule has 2 aromatic rings. The molecule has 1 aliphatic heterocycles. The predicted octanol–water partition coefficient (Wildman–Crippen LogP) is 4.23.